The van der Waals surface area contributed by atoms with E-state index in [0.717, 1.165) is 4.47 Å². The summed E-state index contributed by atoms with van der Waals surface area (Å²) in [5.41, 5.74) is 0.698. The Labute approximate surface area is 100 Å². The first kappa shape index (κ1) is 11.3. The second-order valence-electron chi connectivity index (χ2n) is 3.28. The summed E-state index contributed by atoms with van der Waals surface area (Å²) in [4.78, 5) is 4.22. The number of hydrogen-bond acceptors (Lipinski definition) is 5. The van der Waals surface area contributed by atoms with Crippen molar-refractivity contribution in [3.8, 4) is 0 Å². The number of rotatable bonds is 4. The molecule has 0 spiro atoms. The molecule has 0 aliphatic rings. The van der Waals surface area contributed by atoms with Crippen LogP contribution in [0.15, 0.2) is 22.8 Å². The smallest absolute Gasteiger partial charge is 0.243 e. The van der Waals surface area contributed by atoms with Crippen LogP contribution in [0.4, 0.5) is 5.95 Å². The predicted molar refractivity (Wildman–Crippen MR) is 62.3 cm³/mol. The molecule has 0 saturated carbocycles. The van der Waals surface area contributed by atoms with Crippen molar-refractivity contribution in [2.75, 3.05) is 18.5 Å². The van der Waals surface area contributed by atoms with E-state index in [1.54, 1.807) is 10.7 Å². The number of halogens is 1. The topological polar surface area (TPSA) is 82.7 Å². The molecular formula is C9H11BrN4O2. The molecule has 7 heteroatoms. The summed E-state index contributed by atoms with van der Waals surface area (Å²) in [6.07, 6.45) is 0.968. The fourth-order valence-electron chi connectivity index (χ4n) is 1.22. The summed E-state index contributed by atoms with van der Waals surface area (Å²) in [5.74, 6) is 0.416. The lowest BCUT2D eigenvalue weighted by atomic mass is 10.4. The first-order chi connectivity index (χ1) is 7.70. The minimum atomic E-state index is -0.810. The second kappa shape index (κ2) is 4.77. The van der Waals surface area contributed by atoms with Crippen molar-refractivity contribution < 1.29 is 10.2 Å². The number of aliphatic hydroxyl groups is 2. The summed E-state index contributed by atoms with van der Waals surface area (Å²) in [5, 5.41) is 24.8. The van der Waals surface area contributed by atoms with Gasteiger partial charge in [0.15, 0.2) is 5.65 Å². The second-order valence-corrected chi connectivity index (χ2v) is 4.13. The number of pyridine rings is 1. The van der Waals surface area contributed by atoms with Crippen LogP contribution < -0.4 is 5.32 Å². The number of nitrogens with zero attached hydrogens (tertiary/aromatic N) is 3. The van der Waals surface area contributed by atoms with Gasteiger partial charge in [0.2, 0.25) is 5.95 Å². The van der Waals surface area contributed by atoms with Crippen LogP contribution in [-0.2, 0) is 0 Å². The highest BCUT2D eigenvalue weighted by atomic mass is 79.9. The monoisotopic (exact) mass is 286 g/mol. The van der Waals surface area contributed by atoms with Crippen molar-refractivity contribution in [3.05, 3.63) is 22.8 Å². The molecule has 2 aromatic rings. The van der Waals surface area contributed by atoms with E-state index >= 15 is 0 Å². The molecule has 2 heterocycles. The third-order valence-corrected chi connectivity index (χ3v) is 2.64. The number of hydrogen-bond donors (Lipinski definition) is 3. The molecule has 2 rings (SSSR count). The lowest BCUT2D eigenvalue weighted by Crippen LogP contribution is -2.23. The Balaban J connectivity index is 2.17. The summed E-state index contributed by atoms with van der Waals surface area (Å²) in [7, 11) is 0. The fourth-order valence-corrected chi connectivity index (χ4v) is 1.65. The lowest BCUT2D eigenvalue weighted by Gasteiger charge is -2.05. The number of nitrogens with one attached hydrogen (secondary N) is 1. The van der Waals surface area contributed by atoms with Gasteiger partial charge in [0.1, 0.15) is 0 Å². The molecule has 0 aliphatic carbocycles. The molecule has 16 heavy (non-hydrogen) atoms. The summed E-state index contributed by atoms with van der Waals surface area (Å²) in [6, 6.07) is 3.72. The third-order valence-electron chi connectivity index (χ3n) is 2.02. The third kappa shape index (κ3) is 2.31. The van der Waals surface area contributed by atoms with E-state index in [-0.39, 0.29) is 13.2 Å². The van der Waals surface area contributed by atoms with Gasteiger partial charge < -0.3 is 15.5 Å². The van der Waals surface area contributed by atoms with E-state index < -0.39 is 6.10 Å². The average molecular weight is 287 g/mol. The number of fused-ring (bicyclic) bond motifs is 1. The molecule has 0 radical (unpaired) electrons. The summed E-state index contributed by atoms with van der Waals surface area (Å²) in [6.45, 7) is -0.0743. The van der Waals surface area contributed by atoms with E-state index in [1.807, 2.05) is 12.1 Å². The van der Waals surface area contributed by atoms with E-state index in [9.17, 15) is 0 Å². The molecule has 2 aromatic heterocycles. The zero-order valence-electron chi connectivity index (χ0n) is 8.34. The minimum Gasteiger partial charge on any atom is -0.394 e. The van der Waals surface area contributed by atoms with Gasteiger partial charge in [-0.25, -0.2) is 4.52 Å². The van der Waals surface area contributed by atoms with Gasteiger partial charge in [-0.1, -0.05) is 0 Å². The maximum Gasteiger partial charge on any atom is 0.243 e. The highest BCUT2D eigenvalue weighted by Gasteiger charge is 2.07. The van der Waals surface area contributed by atoms with Crippen molar-refractivity contribution >= 4 is 27.5 Å². The maximum atomic E-state index is 9.16. The van der Waals surface area contributed by atoms with Crippen LogP contribution in [0.3, 0.4) is 0 Å². The van der Waals surface area contributed by atoms with Crippen molar-refractivity contribution in [1.82, 2.24) is 14.6 Å². The quantitative estimate of drug-likeness (QED) is 0.751. The molecule has 0 fully saturated rings. The van der Waals surface area contributed by atoms with Gasteiger partial charge >= 0.3 is 0 Å². The standard InChI is InChI=1S/C9H11BrN4O2/c10-7-2-1-3-14-8(7)12-9(13-14)11-4-6(16)5-15/h1-3,6,15-16H,4-5H2,(H,11,13). The highest BCUT2D eigenvalue weighted by Crippen LogP contribution is 2.16. The summed E-state index contributed by atoms with van der Waals surface area (Å²) < 4.78 is 2.47. The van der Waals surface area contributed by atoms with Crippen molar-refractivity contribution in [2.45, 2.75) is 6.10 Å². The maximum absolute atomic E-state index is 9.16. The Morgan fingerprint density at radius 1 is 1.56 bits per heavy atom. The van der Waals surface area contributed by atoms with Crippen LogP contribution in [0.5, 0.6) is 0 Å². The first-order valence-corrected chi connectivity index (χ1v) is 5.53. The zero-order valence-corrected chi connectivity index (χ0v) is 9.92. The van der Waals surface area contributed by atoms with E-state index in [4.69, 9.17) is 10.2 Å². The van der Waals surface area contributed by atoms with Crippen LogP contribution in [0, 0.1) is 0 Å². The average Bonchev–Trinajstić information content (AvgIpc) is 2.70. The normalized spacial score (nSPS) is 12.9. The van der Waals surface area contributed by atoms with Gasteiger partial charge in [-0.05, 0) is 28.1 Å². The lowest BCUT2D eigenvalue weighted by molar-refractivity contribution is 0.105. The Bertz CT molecular complexity index is 487. The molecule has 86 valence electrons. The molecule has 6 nitrogen and oxygen atoms in total. The molecule has 0 bridgehead atoms. The SMILES string of the molecule is OCC(O)CNc1nc2c(Br)cccn2n1. The molecule has 0 aromatic carbocycles. The zero-order chi connectivity index (χ0) is 11.5. The Morgan fingerprint density at radius 3 is 3.06 bits per heavy atom. The number of aliphatic hydroxyl groups excluding tert-OH is 2. The van der Waals surface area contributed by atoms with Crippen LogP contribution >= 0.6 is 15.9 Å². The number of anilines is 1. The molecule has 0 saturated heterocycles. The molecule has 0 amide bonds. The van der Waals surface area contributed by atoms with Crippen LogP contribution in [0.2, 0.25) is 0 Å². The van der Waals surface area contributed by atoms with Gasteiger partial charge in [0.25, 0.3) is 0 Å². The van der Waals surface area contributed by atoms with Crippen LogP contribution in [-0.4, -0.2) is 44.1 Å². The minimum absolute atomic E-state index is 0.213. The van der Waals surface area contributed by atoms with E-state index in [2.05, 4.69) is 31.3 Å². The molecule has 1 unspecified atom stereocenters. The van der Waals surface area contributed by atoms with Gasteiger partial charge in [-0.15, -0.1) is 5.10 Å². The fraction of sp³-hybridized carbons (Fsp3) is 0.333. The largest absolute Gasteiger partial charge is 0.394 e. The van der Waals surface area contributed by atoms with Crippen LogP contribution in [0.1, 0.15) is 0 Å². The molecule has 1 atom stereocenters. The van der Waals surface area contributed by atoms with Crippen molar-refractivity contribution in [2.24, 2.45) is 0 Å². The van der Waals surface area contributed by atoms with Gasteiger partial charge in [-0.2, -0.15) is 4.98 Å². The van der Waals surface area contributed by atoms with Crippen molar-refractivity contribution in [3.63, 3.8) is 0 Å². The van der Waals surface area contributed by atoms with E-state index in [0.29, 0.717) is 11.6 Å². The Hall–Kier alpha value is -1.18. The van der Waals surface area contributed by atoms with Gasteiger partial charge in [-0.3, -0.25) is 0 Å². The predicted octanol–water partition coefficient (Wildman–Crippen LogP) is 0.257. The van der Waals surface area contributed by atoms with Crippen molar-refractivity contribution in [1.29, 1.82) is 0 Å². The summed E-state index contributed by atoms with van der Waals surface area (Å²) >= 11 is 3.36. The highest BCUT2D eigenvalue weighted by molar-refractivity contribution is 9.10. The Morgan fingerprint density at radius 2 is 2.38 bits per heavy atom. The van der Waals surface area contributed by atoms with Gasteiger partial charge in [0, 0.05) is 12.7 Å². The van der Waals surface area contributed by atoms with E-state index in [1.165, 1.54) is 0 Å². The molecule has 0 aliphatic heterocycles. The number of aromatic nitrogens is 3. The molecular weight excluding hydrogens is 276 g/mol. The Kier molecular flexibility index (Phi) is 3.37. The molecule has 3 N–H and O–H groups in total. The van der Waals surface area contributed by atoms with Crippen LogP contribution in [0.25, 0.3) is 5.65 Å². The first-order valence-electron chi connectivity index (χ1n) is 4.74. The van der Waals surface area contributed by atoms with Gasteiger partial charge in [0.05, 0.1) is 17.2 Å².